The van der Waals surface area contributed by atoms with Crippen LogP contribution in [0.5, 0.6) is 0 Å². The van der Waals surface area contributed by atoms with Crippen molar-refractivity contribution in [1.29, 1.82) is 0 Å². The Hall–Kier alpha value is -1.97. The van der Waals surface area contributed by atoms with Crippen LogP contribution in [0.15, 0.2) is 36.4 Å². The molecule has 12 heteroatoms. The summed E-state index contributed by atoms with van der Waals surface area (Å²) in [6.45, 7) is -1.19. The maximum Gasteiger partial charge on any atom is 0.333 e. The number of aliphatic hydroxyl groups excluding tert-OH is 7. The van der Waals surface area contributed by atoms with Crippen molar-refractivity contribution in [3.05, 3.63) is 42.0 Å². The molecular weight excluding hydrogens is 444 g/mol. The maximum atomic E-state index is 12.1. The molecule has 0 bridgehead atoms. The van der Waals surface area contributed by atoms with Gasteiger partial charge in [-0.3, -0.25) is 0 Å². The standard InChI is InChI=1S/C21H28O12/c22-8-11-14(24)16(26)18(28)20(31-11)30-9-12-15(25)17(27)19(29)21(32-12)33-13(23)7-6-10-4-2-1-3-5-10/h1-7,11-12,14-22,24-29H,8-9H2/t11-,12-,14-,15-,16+,17+,18-,19-,20-,21+/m1/s1. The normalized spacial score (nSPS) is 39.5. The largest absolute Gasteiger partial charge is 0.430 e. The van der Waals surface area contributed by atoms with Gasteiger partial charge in [-0.05, 0) is 11.6 Å². The molecule has 2 saturated heterocycles. The fourth-order valence-corrected chi connectivity index (χ4v) is 3.43. The number of esters is 1. The third-order valence-electron chi connectivity index (χ3n) is 5.39. The highest BCUT2D eigenvalue weighted by molar-refractivity contribution is 5.87. The van der Waals surface area contributed by atoms with Gasteiger partial charge in [0.25, 0.3) is 0 Å². The Balaban J connectivity index is 1.59. The molecule has 1 aromatic carbocycles. The second-order valence-electron chi connectivity index (χ2n) is 7.73. The molecule has 0 radical (unpaired) electrons. The van der Waals surface area contributed by atoms with Crippen LogP contribution < -0.4 is 0 Å². The van der Waals surface area contributed by atoms with E-state index in [0.717, 1.165) is 11.6 Å². The van der Waals surface area contributed by atoms with E-state index in [2.05, 4.69) is 0 Å². The van der Waals surface area contributed by atoms with Gasteiger partial charge in [0, 0.05) is 6.08 Å². The quantitative estimate of drug-likeness (QED) is 0.156. The third kappa shape index (κ3) is 6.13. The van der Waals surface area contributed by atoms with Gasteiger partial charge in [-0.1, -0.05) is 30.3 Å². The molecule has 2 fully saturated rings. The Kier molecular flexibility index (Phi) is 8.89. The molecule has 2 aliphatic heterocycles. The van der Waals surface area contributed by atoms with Gasteiger partial charge in [0.05, 0.1) is 13.2 Å². The fraction of sp³-hybridized carbons (Fsp3) is 0.571. The van der Waals surface area contributed by atoms with E-state index >= 15 is 0 Å². The van der Waals surface area contributed by atoms with Crippen molar-refractivity contribution in [1.82, 2.24) is 0 Å². The second-order valence-corrected chi connectivity index (χ2v) is 7.73. The average Bonchev–Trinajstić information content (AvgIpc) is 2.82. The van der Waals surface area contributed by atoms with Crippen molar-refractivity contribution in [2.45, 2.75) is 61.4 Å². The minimum Gasteiger partial charge on any atom is -0.430 e. The number of carbonyl (C=O) groups is 1. The van der Waals surface area contributed by atoms with Crippen LogP contribution in [0, 0.1) is 0 Å². The molecule has 0 spiro atoms. The van der Waals surface area contributed by atoms with Crippen molar-refractivity contribution in [2.24, 2.45) is 0 Å². The molecule has 0 aromatic heterocycles. The Labute approximate surface area is 188 Å². The SMILES string of the molecule is O=C(C=Cc1ccccc1)O[C@@H]1O[C@H](CO[C@@H]2O[C@H](CO)[C@@H](O)[C@H](O)[C@H]2O)[C@@H](O)[C@H](O)[C@H]1O. The zero-order valence-electron chi connectivity index (χ0n) is 17.4. The highest BCUT2D eigenvalue weighted by Gasteiger charge is 2.48. The summed E-state index contributed by atoms with van der Waals surface area (Å²) in [6.07, 6.45) is -13.2. The molecule has 0 amide bonds. The summed E-state index contributed by atoms with van der Waals surface area (Å²) in [6, 6.07) is 8.86. The number of benzene rings is 1. The summed E-state index contributed by atoms with van der Waals surface area (Å²) < 4.78 is 20.9. The lowest BCUT2D eigenvalue weighted by atomic mass is 9.98. The zero-order valence-corrected chi connectivity index (χ0v) is 17.4. The van der Waals surface area contributed by atoms with Gasteiger partial charge >= 0.3 is 5.97 Å². The molecular formula is C21H28O12. The van der Waals surface area contributed by atoms with Crippen molar-refractivity contribution >= 4 is 12.0 Å². The van der Waals surface area contributed by atoms with E-state index < -0.39 is 80.6 Å². The van der Waals surface area contributed by atoms with Gasteiger partial charge in [0.15, 0.2) is 6.29 Å². The summed E-state index contributed by atoms with van der Waals surface area (Å²) in [5.74, 6) is -0.875. The first-order chi connectivity index (χ1) is 15.7. The monoisotopic (exact) mass is 472 g/mol. The van der Waals surface area contributed by atoms with E-state index in [-0.39, 0.29) is 0 Å². The molecule has 12 nitrogen and oxygen atoms in total. The molecule has 0 saturated carbocycles. The van der Waals surface area contributed by atoms with Crippen LogP contribution in [0.2, 0.25) is 0 Å². The third-order valence-corrected chi connectivity index (χ3v) is 5.39. The molecule has 2 aliphatic rings. The molecule has 0 unspecified atom stereocenters. The van der Waals surface area contributed by atoms with Gasteiger partial charge in [-0.15, -0.1) is 0 Å². The van der Waals surface area contributed by atoms with Crippen LogP contribution in [0.3, 0.4) is 0 Å². The number of hydrogen-bond acceptors (Lipinski definition) is 12. The van der Waals surface area contributed by atoms with Crippen molar-refractivity contribution in [3.63, 3.8) is 0 Å². The Bertz CT molecular complexity index is 787. The second kappa shape index (κ2) is 11.4. The van der Waals surface area contributed by atoms with Crippen LogP contribution in [-0.4, -0.2) is 116 Å². The van der Waals surface area contributed by atoms with Crippen LogP contribution in [0.1, 0.15) is 5.56 Å². The van der Waals surface area contributed by atoms with Crippen LogP contribution in [0.25, 0.3) is 6.08 Å². The predicted molar refractivity (Wildman–Crippen MR) is 108 cm³/mol. The molecule has 10 atom stereocenters. The number of ether oxygens (including phenoxy) is 4. The van der Waals surface area contributed by atoms with Crippen LogP contribution in [0.4, 0.5) is 0 Å². The molecule has 7 N–H and O–H groups in total. The van der Waals surface area contributed by atoms with Gasteiger partial charge in [0.1, 0.15) is 48.8 Å². The van der Waals surface area contributed by atoms with E-state index in [4.69, 9.17) is 18.9 Å². The first kappa shape index (κ1) is 25.6. The van der Waals surface area contributed by atoms with Gasteiger partial charge in [0.2, 0.25) is 6.29 Å². The van der Waals surface area contributed by atoms with E-state index in [1.54, 1.807) is 30.3 Å². The van der Waals surface area contributed by atoms with Crippen molar-refractivity contribution in [2.75, 3.05) is 13.2 Å². The maximum absolute atomic E-state index is 12.1. The zero-order chi connectivity index (χ0) is 24.1. The summed E-state index contributed by atoms with van der Waals surface area (Å²) in [5.41, 5.74) is 0.723. The van der Waals surface area contributed by atoms with Gasteiger partial charge in [-0.25, -0.2) is 4.79 Å². The molecule has 2 heterocycles. The summed E-state index contributed by atoms with van der Waals surface area (Å²) >= 11 is 0. The highest BCUT2D eigenvalue weighted by Crippen LogP contribution is 2.26. The molecule has 0 aliphatic carbocycles. The fourth-order valence-electron chi connectivity index (χ4n) is 3.43. The minimum absolute atomic E-state index is 0.526. The Morgan fingerprint density at radius 3 is 2.03 bits per heavy atom. The molecule has 33 heavy (non-hydrogen) atoms. The predicted octanol–water partition coefficient (Wildman–Crippen LogP) is -3.13. The van der Waals surface area contributed by atoms with Crippen LogP contribution in [-0.2, 0) is 23.7 Å². The van der Waals surface area contributed by atoms with E-state index in [1.807, 2.05) is 0 Å². The first-order valence-corrected chi connectivity index (χ1v) is 10.3. The van der Waals surface area contributed by atoms with Gasteiger partial charge in [-0.2, -0.15) is 0 Å². The minimum atomic E-state index is -1.75. The molecule has 1 aromatic rings. The smallest absolute Gasteiger partial charge is 0.333 e. The topological polar surface area (TPSA) is 196 Å². The molecule has 3 rings (SSSR count). The number of aliphatic hydroxyl groups is 7. The summed E-state index contributed by atoms with van der Waals surface area (Å²) in [4.78, 5) is 12.1. The number of rotatable bonds is 7. The van der Waals surface area contributed by atoms with E-state index in [0.29, 0.717) is 0 Å². The lowest BCUT2D eigenvalue weighted by Gasteiger charge is -2.42. The van der Waals surface area contributed by atoms with E-state index in [9.17, 15) is 40.5 Å². The van der Waals surface area contributed by atoms with Crippen molar-refractivity contribution < 1.29 is 59.5 Å². The Morgan fingerprint density at radius 1 is 0.818 bits per heavy atom. The Morgan fingerprint density at radius 2 is 1.39 bits per heavy atom. The van der Waals surface area contributed by atoms with Crippen molar-refractivity contribution in [3.8, 4) is 0 Å². The number of carbonyl (C=O) groups excluding carboxylic acids is 1. The average molecular weight is 472 g/mol. The summed E-state index contributed by atoms with van der Waals surface area (Å²) in [5, 5.41) is 69.3. The van der Waals surface area contributed by atoms with Crippen LogP contribution >= 0.6 is 0 Å². The lowest BCUT2D eigenvalue weighted by Crippen LogP contribution is -2.61. The molecule has 184 valence electrons. The van der Waals surface area contributed by atoms with E-state index in [1.165, 1.54) is 6.08 Å². The lowest BCUT2D eigenvalue weighted by molar-refractivity contribution is -0.326. The summed E-state index contributed by atoms with van der Waals surface area (Å²) in [7, 11) is 0. The highest BCUT2D eigenvalue weighted by atomic mass is 16.7. The number of hydrogen-bond donors (Lipinski definition) is 7. The first-order valence-electron chi connectivity index (χ1n) is 10.3. The van der Waals surface area contributed by atoms with Gasteiger partial charge < -0.3 is 54.7 Å².